The van der Waals surface area contributed by atoms with E-state index in [1.165, 1.54) is 4.57 Å². The van der Waals surface area contributed by atoms with Gasteiger partial charge in [-0.05, 0) is 36.2 Å². The van der Waals surface area contributed by atoms with Crippen LogP contribution in [0.4, 0.5) is 0 Å². The van der Waals surface area contributed by atoms with Crippen LogP contribution in [0.5, 0.6) is 5.75 Å². The number of aliphatic carboxylic acids is 2. The molecule has 0 amide bonds. The predicted molar refractivity (Wildman–Crippen MR) is 94.9 cm³/mol. The molecule has 0 aliphatic carbocycles. The third-order valence-electron chi connectivity index (χ3n) is 4.12. The topological polar surface area (TPSA) is 119 Å². The van der Waals surface area contributed by atoms with Crippen LogP contribution < -0.4 is 10.5 Å². The number of aromatic nitrogens is 1. The van der Waals surface area contributed by atoms with Crippen LogP contribution in [0.25, 0.3) is 11.1 Å². The Morgan fingerprint density at radius 2 is 1.70 bits per heavy atom. The molecule has 0 saturated heterocycles. The largest absolute Gasteiger partial charge is 0.492 e. The summed E-state index contributed by atoms with van der Waals surface area (Å²) in [5.74, 6) is -4.16. The summed E-state index contributed by atoms with van der Waals surface area (Å²) in [6.07, 6.45) is -0.110. The van der Waals surface area contributed by atoms with E-state index in [0.717, 1.165) is 0 Å². The monoisotopic (exact) mass is 371 g/mol. The molecule has 8 heteroatoms. The van der Waals surface area contributed by atoms with E-state index in [1.54, 1.807) is 42.5 Å². The van der Waals surface area contributed by atoms with Gasteiger partial charge in [0.1, 0.15) is 12.4 Å². The lowest BCUT2D eigenvalue weighted by atomic mass is 10.00. The number of fused-ring (bicyclic) bond motifs is 1. The molecule has 0 saturated carbocycles. The normalized spacial score (nSPS) is 11.0. The third-order valence-corrected chi connectivity index (χ3v) is 4.12. The number of ether oxygens (including phenoxy) is 1. The van der Waals surface area contributed by atoms with Crippen LogP contribution in [-0.4, -0.2) is 33.3 Å². The minimum atomic E-state index is -1.49. The van der Waals surface area contributed by atoms with Crippen molar-refractivity contribution < 1.29 is 29.0 Å². The molecule has 0 aliphatic heterocycles. The van der Waals surface area contributed by atoms with Gasteiger partial charge < -0.3 is 19.4 Å². The second-order valence-electron chi connectivity index (χ2n) is 5.91. The number of nitrogens with zero attached hydrogens (tertiary/aromatic N) is 1. The average molecular weight is 371 g/mol. The molecule has 0 atom stereocenters. The molecule has 0 unspecified atom stereocenters. The minimum absolute atomic E-state index is 0.110. The summed E-state index contributed by atoms with van der Waals surface area (Å²) in [5, 5.41) is 17.8. The maximum Gasteiger partial charge on any atom is 0.420 e. The second-order valence-corrected chi connectivity index (χ2v) is 5.91. The van der Waals surface area contributed by atoms with E-state index in [0.29, 0.717) is 29.0 Å². The van der Waals surface area contributed by atoms with Gasteiger partial charge in [0.25, 0.3) is 0 Å². The Labute approximate surface area is 153 Å². The predicted octanol–water partition coefficient (Wildman–Crippen LogP) is 2.00. The fourth-order valence-corrected chi connectivity index (χ4v) is 2.72. The molecule has 2 aromatic carbocycles. The Morgan fingerprint density at radius 1 is 1.04 bits per heavy atom. The summed E-state index contributed by atoms with van der Waals surface area (Å²) >= 11 is 0. The molecule has 8 nitrogen and oxygen atoms in total. The van der Waals surface area contributed by atoms with Crippen LogP contribution in [0.2, 0.25) is 0 Å². The van der Waals surface area contributed by atoms with E-state index in [2.05, 4.69) is 0 Å². The van der Waals surface area contributed by atoms with Crippen molar-refractivity contribution in [2.45, 2.75) is 13.0 Å². The number of benzene rings is 2. The van der Waals surface area contributed by atoms with E-state index < -0.39 is 23.6 Å². The third kappa shape index (κ3) is 4.17. The van der Waals surface area contributed by atoms with Crippen LogP contribution >= 0.6 is 0 Å². The summed E-state index contributed by atoms with van der Waals surface area (Å²) in [4.78, 5) is 33.8. The summed E-state index contributed by atoms with van der Waals surface area (Å²) < 4.78 is 12.2. The molecule has 1 heterocycles. The Hall–Kier alpha value is -3.55. The zero-order valence-electron chi connectivity index (χ0n) is 14.2. The zero-order valence-corrected chi connectivity index (χ0v) is 14.2. The summed E-state index contributed by atoms with van der Waals surface area (Å²) in [6, 6.07) is 13.6. The molecule has 0 bridgehead atoms. The molecule has 2 N–H and O–H groups in total. The van der Waals surface area contributed by atoms with Gasteiger partial charge in [-0.3, -0.25) is 14.2 Å². The van der Waals surface area contributed by atoms with Gasteiger partial charge in [0.15, 0.2) is 11.5 Å². The Bertz CT molecular complexity index is 1000. The van der Waals surface area contributed by atoms with Crippen molar-refractivity contribution in [3.8, 4) is 5.75 Å². The molecule has 0 spiro atoms. The molecule has 1 aromatic heterocycles. The number of carbonyl (C=O) groups is 2. The lowest BCUT2D eigenvalue weighted by molar-refractivity contribution is -0.154. The standard InChI is InChI=1S/C19H17NO7/c21-17(22)14(18(23)24)11-12-5-7-13(8-6-12)26-10-9-20-15-3-1-2-4-16(15)27-19(20)25/h1-8,14H,9-11H2,(H,21,22)(H,23,24). The fraction of sp³-hybridized carbons (Fsp3) is 0.211. The summed E-state index contributed by atoms with van der Waals surface area (Å²) in [5.41, 5.74) is 1.78. The number of hydrogen-bond donors (Lipinski definition) is 2. The van der Waals surface area contributed by atoms with Crippen molar-refractivity contribution in [2.24, 2.45) is 5.92 Å². The van der Waals surface area contributed by atoms with E-state index in [4.69, 9.17) is 19.4 Å². The van der Waals surface area contributed by atoms with Gasteiger partial charge in [0.2, 0.25) is 0 Å². The number of carboxylic acids is 2. The highest BCUT2D eigenvalue weighted by Gasteiger charge is 2.25. The van der Waals surface area contributed by atoms with Gasteiger partial charge in [0, 0.05) is 0 Å². The van der Waals surface area contributed by atoms with E-state index in [9.17, 15) is 14.4 Å². The second kappa shape index (κ2) is 7.77. The van der Waals surface area contributed by atoms with Gasteiger partial charge in [0.05, 0.1) is 12.1 Å². The lowest BCUT2D eigenvalue weighted by Crippen LogP contribution is -2.25. The number of carboxylic acid groups (broad SMARTS) is 2. The van der Waals surface area contributed by atoms with E-state index in [1.807, 2.05) is 6.07 Å². The SMILES string of the molecule is O=C(O)C(Cc1ccc(OCCn2c(=O)oc3ccccc32)cc1)C(=O)O. The first kappa shape index (κ1) is 18.2. The van der Waals surface area contributed by atoms with Crippen molar-refractivity contribution in [3.63, 3.8) is 0 Å². The quantitative estimate of drug-likeness (QED) is 0.581. The first-order chi connectivity index (χ1) is 13.0. The smallest absolute Gasteiger partial charge is 0.420 e. The molecule has 27 heavy (non-hydrogen) atoms. The molecule has 3 rings (SSSR count). The van der Waals surface area contributed by atoms with Crippen molar-refractivity contribution in [2.75, 3.05) is 6.61 Å². The maximum absolute atomic E-state index is 11.9. The number of hydrogen-bond acceptors (Lipinski definition) is 5. The van der Waals surface area contributed by atoms with Gasteiger partial charge >= 0.3 is 17.7 Å². The zero-order chi connectivity index (χ0) is 19.4. The lowest BCUT2D eigenvalue weighted by Gasteiger charge is -2.09. The van der Waals surface area contributed by atoms with Crippen molar-refractivity contribution in [1.29, 1.82) is 0 Å². The molecular formula is C19H17NO7. The first-order valence-electron chi connectivity index (χ1n) is 8.21. The highest BCUT2D eigenvalue weighted by Crippen LogP contribution is 2.16. The highest BCUT2D eigenvalue weighted by molar-refractivity contribution is 5.93. The molecule has 0 radical (unpaired) electrons. The van der Waals surface area contributed by atoms with Crippen LogP contribution in [0.3, 0.4) is 0 Å². The van der Waals surface area contributed by atoms with E-state index in [-0.39, 0.29) is 13.0 Å². The van der Waals surface area contributed by atoms with Crippen LogP contribution in [0.1, 0.15) is 5.56 Å². The molecule has 0 aliphatic rings. The van der Waals surface area contributed by atoms with Gasteiger partial charge in [-0.25, -0.2) is 4.79 Å². The summed E-state index contributed by atoms with van der Waals surface area (Å²) in [7, 11) is 0. The molecule has 140 valence electrons. The van der Waals surface area contributed by atoms with Crippen LogP contribution in [0.15, 0.2) is 57.7 Å². The van der Waals surface area contributed by atoms with Crippen molar-refractivity contribution in [3.05, 3.63) is 64.6 Å². The fourth-order valence-electron chi connectivity index (χ4n) is 2.72. The van der Waals surface area contributed by atoms with Gasteiger partial charge in [-0.1, -0.05) is 24.3 Å². The van der Waals surface area contributed by atoms with Crippen LogP contribution in [-0.2, 0) is 22.6 Å². The maximum atomic E-state index is 11.9. The Kier molecular flexibility index (Phi) is 5.25. The Morgan fingerprint density at radius 3 is 2.37 bits per heavy atom. The van der Waals surface area contributed by atoms with Crippen molar-refractivity contribution in [1.82, 2.24) is 4.57 Å². The van der Waals surface area contributed by atoms with Crippen molar-refractivity contribution >= 4 is 23.0 Å². The number of oxazole rings is 1. The Balaban J connectivity index is 1.60. The molecule has 3 aromatic rings. The van der Waals surface area contributed by atoms with Gasteiger partial charge in [-0.2, -0.15) is 0 Å². The summed E-state index contributed by atoms with van der Waals surface area (Å²) in [6.45, 7) is 0.535. The highest BCUT2D eigenvalue weighted by atomic mass is 16.5. The molecular weight excluding hydrogens is 354 g/mol. The number of rotatable bonds is 8. The molecule has 0 fully saturated rings. The average Bonchev–Trinajstić information content (AvgIpc) is 2.96. The van der Waals surface area contributed by atoms with E-state index >= 15 is 0 Å². The minimum Gasteiger partial charge on any atom is -0.492 e. The van der Waals surface area contributed by atoms with Crippen LogP contribution in [0, 0.1) is 5.92 Å². The first-order valence-corrected chi connectivity index (χ1v) is 8.21. The van der Waals surface area contributed by atoms with Gasteiger partial charge in [-0.15, -0.1) is 0 Å². The number of para-hydroxylation sites is 2.